The molecule has 1 amide bonds. The Kier molecular flexibility index (Phi) is 5.37. The summed E-state index contributed by atoms with van der Waals surface area (Å²) >= 11 is 0. The van der Waals surface area contributed by atoms with Gasteiger partial charge in [0.2, 0.25) is 0 Å². The van der Waals surface area contributed by atoms with E-state index in [4.69, 9.17) is 4.74 Å². The first kappa shape index (κ1) is 15.1. The van der Waals surface area contributed by atoms with E-state index < -0.39 is 6.10 Å². The highest BCUT2D eigenvalue weighted by atomic mass is 16.5. The number of aromatic amines is 1. The second kappa shape index (κ2) is 7.47. The number of nitrogens with zero attached hydrogens (tertiary/aromatic N) is 1. The largest absolute Gasteiger partial charge is 0.481 e. The van der Waals surface area contributed by atoms with Gasteiger partial charge in [-0.1, -0.05) is 17.7 Å². The molecule has 21 heavy (non-hydrogen) atoms. The molecule has 0 aliphatic rings. The predicted octanol–water partition coefficient (Wildman–Crippen LogP) is 2.23. The van der Waals surface area contributed by atoms with Crippen LogP contribution in [0.1, 0.15) is 24.7 Å². The van der Waals surface area contributed by atoms with Crippen LogP contribution in [0.15, 0.2) is 36.7 Å². The van der Waals surface area contributed by atoms with Gasteiger partial charge in [-0.05, 0) is 32.4 Å². The van der Waals surface area contributed by atoms with E-state index in [-0.39, 0.29) is 5.91 Å². The minimum absolute atomic E-state index is 0.102. The second-order valence-corrected chi connectivity index (χ2v) is 5.00. The lowest BCUT2D eigenvalue weighted by molar-refractivity contribution is -0.127. The first-order valence-corrected chi connectivity index (χ1v) is 7.14. The molecule has 2 rings (SSSR count). The van der Waals surface area contributed by atoms with Gasteiger partial charge in [-0.25, -0.2) is 4.98 Å². The first-order chi connectivity index (χ1) is 10.1. The van der Waals surface area contributed by atoms with Gasteiger partial charge in [-0.2, -0.15) is 0 Å². The molecule has 0 bridgehead atoms. The van der Waals surface area contributed by atoms with Gasteiger partial charge < -0.3 is 15.0 Å². The third-order valence-corrected chi connectivity index (χ3v) is 3.15. The molecule has 0 radical (unpaired) electrons. The molecule has 1 unspecified atom stereocenters. The number of ether oxygens (including phenoxy) is 1. The van der Waals surface area contributed by atoms with E-state index in [2.05, 4.69) is 15.3 Å². The topological polar surface area (TPSA) is 67.0 Å². The van der Waals surface area contributed by atoms with E-state index in [0.29, 0.717) is 12.3 Å². The van der Waals surface area contributed by atoms with E-state index >= 15 is 0 Å². The number of carbonyl (C=O) groups excluding carboxylic acids is 1. The Morgan fingerprint density at radius 2 is 2.14 bits per heavy atom. The van der Waals surface area contributed by atoms with E-state index in [0.717, 1.165) is 24.2 Å². The summed E-state index contributed by atoms with van der Waals surface area (Å²) in [6.07, 6.45) is 4.68. The summed E-state index contributed by atoms with van der Waals surface area (Å²) in [6, 6.07) is 7.67. The van der Waals surface area contributed by atoms with Crippen LogP contribution in [0.3, 0.4) is 0 Å². The number of nitrogens with one attached hydrogen (secondary N) is 2. The molecule has 1 aromatic carbocycles. The molecule has 5 heteroatoms. The second-order valence-electron chi connectivity index (χ2n) is 5.00. The van der Waals surface area contributed by atoms with E-state index in [9.17, 15) is 4.79 Å². The summed E-state index contributed by atoms with van der Waals surface area (Å²) in [7, 11) is 0. The minimum Gasteiger partial charge on any atom is -0.481 e. The van der Waals surface area contributed by atoms with Crippen molar-refractivity contribution in [3.05, 3.63) is 48.0 Å². The van der Waals surface area contributed by atoms with Crippen LogP contribution in [-0.2, 0) is 11.2 Å². The molecule has 0 aliphatic heterocycles. The summed E-state index contributed by atoms with van der Waals surface area (Å²) < 4.78 is 5.60. The summed E-state index contributed by atoms with van der Waals surface area (Å²) in [5.74, 6) is 1.54. The van der Waals surface area contributed by atoms with Crippen molar-refractivity contribution in [3.63, 3.8) is 0 Å². The number of rotatable bonds is 7. The average Bonchev–Trinajstić information content (AvgIpc) is 2.99. The summed E-state index contributed by atoms with van der Waals surface area (Å²) in [5.41, 5.74) is 1.16. The Bertz CT molecular complexity index is 549. The number of aryl methyl sites for hydroxylation is 2. The Labute approximate surface area is 124 Å². The third kappa shape index (κ3) is 4.95. The molecule has 112 valence electrons. The van der Waals surface area contributed by atoms with Crippen LogP contribution in [0.2, 0.25) is 0 Å². The number of hydrogen-bond donors (Lipinski definition) is 2. The predicted molar refractivity (Wildman–Crippen MR) is 81.2 cm³/mol. The fourth-order valence-corrected chi connectivity index (χ4v) is 1.92. The summed E-state index contributed by atoms with van der Waals surface area (Å²) in [5, 5.41) is 2.87. The van der Waals surface area contributed by atoms with Crippen LogP contribution >= 0.6 is 0 Å². The fraction of sp³-hybridized carbons (Fsp3) is 0.375. The Balaban J connectivity index is 1.68. The molecule has 1 atom stereocenters. The van der Waals surface area contributed by atoms with Gasteiger partial charge in [0, 0.05) is 25.4 Å². The lowest BCUT2D eigenvalue weighted by atomic mass is 10.2. The van der Waals surface area contributed by atoms with Gasteiger partial charge in [0.05, 0.1) is 0 Å². The quantitative estimate of drug-likeness (QED) is 0.767. The zero-order chi connectivity index (χ0) is 15.1. The highest BCUT2D eigenvalue weighted by Crippen LogP contribution is 2.13. The summed E-state index contributed by atoms with van der Waals surface area (Å²) in [4.78, 5) is 19.1. The van der Waals surface area contributed by atoms with Crippen molar-refractivity contribution in [1.29, 1.82) is 0 Å². The molecule has 0 aliphatic carbocycles. The zero-order valence-corrected chi connectivity index (χ0v) is 12.4. The van der Waals surface area contributed by atoms with Crippen molar-refractivity contribution in [2.24, 2.45) is 0 Å². The number of benzene rings is 1. The highest BCUT2D eigenvalue weighted by molar-refractivity contribution is 5.80. The van der Waals surface area contributed by atoms with E-state index in [1.54, 1.807) is 19.3 Å². The van der Waals surface area contributed by atoms with Gasteiger partial charge in [0.1, 0.15) is 11.6 Å². The van der Waals surface area contributed by atoms with E-state index in [1.807, 2.05) is 31.2 Å². The van der Waals surface area contributed by atoms with Crippen molar-refractivity contribution in [2.45, 2.75) is 32.8 Å². The van der Waals surface area contributed by atoms with Crippen LogP contribution in [0.4, 0.5) is 0 Å². The van der Waals surface area contributed by atoms with Crippen LogP contribution in [-0.4, -0.2) is 28.5 Å². The third-order valence-electron chi connectivity index (χ3n) is 3.15. The average molecular weight is 287 g/mol. The number of aromatic nitrogens is 2. The van der Waals surface area contributed by atoms with Gasteiger partial charge in [0.15, 0.2) is 6.10 Å². The number of amides is 1. The molecule has 2 aromatic rings. The molecule has 0 saturated heterocycles. The fourth-order valence-electron chi connectivity index (χ4n) is 1.92. The molecule has 2 N–H and O–H groups in total. The summed E-state index contributed by atoms with van der Waals surface area (Å²) in [6.45, 7) is 4.38. The van der Waals surface area contributed by atoms with Crippen LogP contribution in [0.5, 0.6) is 5.75 Å². The monoisotopic (exact) mass is 287 g/mol. The molecule has 0 fully saturated rings. The molecular formula is C16H21N3O2. The normalized spacial score (nSPS) is 11.9. The number of imidazole rings is 1. The van der Waals surface area contributed by atoms with Gasteiger partial charge in [0.25, 0.3) is 5.91 Å². The number of carbonyl (C=O) groups is 1. The maximum atomic E-state index is 11.9. The van der Waals surface area contributed by atoms with Gasteiger partial charge >= 0.3 is 0 Å². The first-order valence-electron chi connectivity index (χ1n) is 7.14. The standard InChI is InChI=1S/C16H21N3O2/c1-12-5-7-14(8-6-12)21-13(2)16(20)19-9-3-4-15-17-10-11-18-15/h5-8,10-11,13H,3-4,9H2,1-2H3,(H,17,18)(H,19,20). The lowest BCUT2D eigenvalue weighted by Gasteiger charge is -2.14. The smallest absolute Gasteiger partial charge is 0.260 e. The molecule has 0 saturated carbocycles. The van der Waals surface area contributed by atoms with Crippen molar-refractivity contribution in [1.82, 2.24) is 15.3 Å². The van der Waals surface area contributed by atoms with E-state index in [1.165, 1.54) is 0 Å². The Hall–Kier alpha value is -2.30. The van der Waals surface area contributed by atoms with Crippen molar-refractivity contribution < 1.29 is 9.53 Å². The van der Waals surface area contributed by atoms with Gasteiger partial charge in [-0.15, -0.1) is 0 Å². The SMILES string of the molecule is Cc1ccc(OC(C)C(=O)NCCCc2ncc[nH]2)cc1. The zero-order valence-electron chi connectivity index (χ0n) is 12.4. The highest BCUT2D eigenvalue weighted by Gasteiger charge is 2.13. The molecule has 5 nitrogen and oxygen atoms in total. The molecule has 0 spiro atoms. The molecule has 1 aromatic heterocycles. The maximum Gasteiger partial charge on any atom is 0.260 e. The Morgan fingerprint density at radius 3 is 2.81 bits per heavy atom. The molecule has 1 heterocycles. The number of hydrogen-bond acceptors (Lipinski definition) is 3. The van der Waals surface area contributed by atoms with Crippen LogP contribution in [0.25, 0.3) is 0 Å². The Morgan fingerprint density at radius 1 is 1.38 bits per heavy atom. The van der Waals surface area contributed by atoms with Gasteiger partial charge in [-0.3, -0.25) is 4.79 Å². The van der Waals surface area contributed by atoms with Crippen LogP contribution < -0.4 is 10.1 Å². The van der Waals surface area contributed by atoms with Crippen molar-refractivity contribution in [3.8, 4) is 5.75 Å². The lowest BCUT2D eigenvalue weighted by Crippen LogP contribution is -2.36. The van der Waals surface area contributed by atoms with Crippen molar-refractivity contribution >= 4 is 5.91 Å². The van der Waals surface area contributed by atoms with Crippen LogP contribution in [0, 0.1) is 6.92 Å². The minimum atomic E-state index is -0.503. The molecular weight excluding hydrogens is 266 g/mol. The number of H-pyrrole nitrogens is 1. The van der Waals surface area contributed by atoms with Crippen molar-refractivity contribution in [2.75, 3.05) is 6.54 Å². The maximum absolute atomic E-state index is 11.9.